The lowest BCUT2D eigenvalue weighted by Crippen LogP contribution is -2.54. The highest BCUT2D eigenvalue weighted by Crippen LogP contribution is 2.27. The molecule has 110 valence electrons. The van der Waals surface area contributed by atoms with Crippen molar-refractivity contribution >= 4 is 5.91 Å². The zero-order chi connectivity index (χ0) is 14.8. The van der Waals surface area contributed by atoms with Crippen LogP contribution in [-0.2, 0) is 4.79 Å². The van der Waals surface area contributed by atoms with Crippen LogP contribution in [0, 0.1) is 5.41 Å². The minimum Gasteiger partial charge on any atom is -0.508 e. The number of phenols is 1. The smallest absolute Gasteiger partial charge is 0.260 e. The largest absolute Gasteiger partial charge is 0.508 e. The minimum atomic E-state index is -0.0630. The van der Waals surface area contributed by atoms with Crippen molar-refractivity contribution in [2.75, 3.05) is 19.7 Å². The number of phenolic OH excluding ortho intramolecular Hbond substituents is 1. The summed E-state index contributed by atoms with van der Waals surface area (Å²) >= 11 is 0. The maximum Gasteiger partial charge on any atom is 0.260 e. The summed E-state index contributed by atoms with van der Waals surface area (Å²) in [6.07, 6.45) is 0.817. The molecule has 1 aromatic rings. The predicted molar refractivity (Wildman–Crippen MR) is 76.6 cm³/mol. The van der Waals surface area contributed by atoms with E-state index in [4.69, 9.17) is 10.5 Å². The van der Waals surface area contributed by atoms with Crippen LogP contribution in [0.3, 0.4) is 0 Å². The number of benzene rings is 1. The molecule has 1 unspecified atom stereocenters. The van der Waals surface area contributed by atoms with Crippen LogP contribution in [-0.4, -0.2) is 41.7 Å². The molecule has 1 aromatic carbocycles. The molecule has 0 spiro atoms. The Labute approximate surface area is 119 Å². The van der Waals surface area contributed by atoms with Crippen LogP contribution in [0.5, 0.6) is 11.5 Å². The van der Waals surface area contributed by atoms with E-state index in [1.807, 2.05) is 4.90 Å². The first-order valence-electron chi connectivity index (χ1n) is 6.84. The van der Waals surface area contributed by atoms with Gasteiger partial charge in [-0.1, -0.05) is 13.8 Å². The third kappa shape index (κ3) is 3.42. The number of nitrogens with zero attached hydrogens (tertiary/aromatic N) is 1. The van der Waals surface area contributed by atoms with Crippen LogP contribution in [0.25, 0.3) is 0 Å². The van der Waals surface area contributed by atoms with E-state index in [0.717, 1.165) is 6.42 Å². The maximum atomic E-state index is 12.1. The Hall–Kier alpha value is -1.75. The number of carbonyl (C=O) groups excluding carboxylic acids is 1. The topological polar surface area (TPSA) is 75.8 Å². The molecular weight excluding hydrogens is 256 g/mol. The monoisotopic (exact) mass is 278 g/mol. The van der Waals surface area contributed by atoms with Gasteiger partial charge >= 0.3 is 0 Å². The fourth-order valence-electron chi connectivity index (χ4n) is 2.37. The molecule has 2 rings (SSSR count). The minimum absolute atomic E-state index is 0.0100. The molecule has 1 amide bonds. The lowest BCUT2D eigenvalue weighted by molar-refractivity contribution is -0.136. The van der Waals surface area contributed by atoms with Crippen LogP contribution in [0.15, 0.2) is 24.3 Å². The van der Waals surface area contributed by atoms with Gasteiger partial charge in [0.1, 0.15) is 11.5 Å². The van der Waals surface area contributed by atoms with Crippen molar-refractivity contribution in [1.82, 2.24) is 4.90 Å². The van der Waals surface area contributed by atoms with Gasteiger partial charge in [-0.05, 0) is 36.1 Å². The molecule has 1 fully saturated rings. The van der Waals surface area contributed by atoms with E-state index in [9.17, 15) is 9.90 Å². The average Bonchev–Trinajstić information content (AvgIpc) is 2.41. The Morgan fingerprint density at radius 1 is 1.45 bits per heavy atom. The highest BCUT2D eigenvalue weighted by molar-refractivity contribution is 5.78. The number of nitrogens with two attached hydrogens (primary N) is 1. The molecule has 0 aromatic heterocycles. The summed E-state index contributed by atoms with van der Waals surface area (Å²) in [6, 6.07) is 6.47. The van der Waals surface area contributed by atoms with Crippen molar-refractivity contribution in [2.45, 2.75) is 26.3 Å². The Kier molecular flexibility index (Phi) is 4.18. The van der Waals surface area contributed by atoms with Crippen molar-refractivity contribution in [3.05, 3.63) is 24.3 Å². The van der Waals surface area contributed by atoms with Gasteiger partial charge in [0.2, 0.25) is 0 Å². The number of amides is 1. The van der Waals surface area contributed by atoms with E-state index in [1.54, 1.807) is 12.1 Å². The molecule has 1 aliphatic rings. The van der Waals surface area contributed by atoms with E-state index in [-0.39, 0.29) is 29.7 Å². The number of hydrogen-bond acceptors (Lipinski definition) is 4. The molecule has 0 saturated carbocycles. The number of likely N-dealkylation sites (tertiary alicyclic amines) is 1. The normalized spacial score (nSPS) is 21.6. The second kappa shape index (κ2) is 5.71. The van der Waals surface area contributed by atoms with E-state index in [2.05, 4.69) is 13.8 Å². The number of aromatic hydroxyl groups is 1. The number of carbonyl (C=O) groups is 1. The van der Waals surface area contributed by atoms with Crippen molar-refractivity contribution < 1.29 is 14.6 Å². The van der Waals surface area contributed by atoms with Gasteiger partial charge in [-0.25, -0.2) is 0 Å². The van der Waals surface area contributed by atoms with E-state index in [0.29, 0.717) is 18.8 Å². The van der Waals surface area contributed by atoms with Gasteiger partial charge in [-0.2, -0.15) is 0 Å². The van der Waals surface area contributed by atoms with Crippen molar-refractivity contribution in [2.24, 2.45) is 11.1 Å². The molecule has 5 heteroatoms. The van der Waals surface area contributed by atoms with Crippen LogP contribution in [0.1, 0.15) is 20.3 Å². The fraction of sp³-hybridized carbons (Fsp3) is 0.533. The quantitative estimate of drug-likeness (QED) is 0.875. The van der Waals surface area contributed by atoms with Crippen molar-refractivity contribution in [1.29, 1.82) is 0 Å². The Balaban J connectivity index is 1.87. The molecule has 5 nitrogen and oxygen atoms in total. The molecule has 1 aliphatic heterocycles. The summed E-state index contributed by atoms with van der Waals surface area (Å²) < 4.78 is 5.44. The molecule has 1 atom stereocenters. The van der Waals surface area contributed by atoms with Crippen LogP contribution in [0.2, 0.25) is 0 Å². The summed E-state index contributed by atoms with van der Waals surface area (Å²) in [5, 5.41) is 9.18. The van der Waals surface area contributed by atoms with Gasteiger partial charge in [-0.15, -0.1) is 0 Å². The molecule has 3 N–H and O–H groups in total. The predicted octanol–water partition coefficient (Wildman–Crippen LogP) is 1.36. The zero-order valence-electron chi connectivity index (χ0n) is 12.0. The second-order valence-electron chi connectivity index (χ2n) is 5.98. The average molecular weight is 278 g/mol. The zero-order valence-corrected chi connectivity index (χ0v) is 12.0. The van der Waals surface area contributed by atoms with Gasteiger partial charge in [0, 0.05) is 19.1 Å². The SMILES string of the molecule is CC1(C)CN(C(=O)COc2ccc(O)cc2)CCC1N. The Morgan fingerprint density at radius 2 is 2.10 bits per heavy atom. The van der Waals surface area contributed by atoms with Crippen LogP contribution in [0.4, 0.5) is 0 Å². The van der Waals surface area contributed by atoms with E-state index >= 15 is 0 Å². The molecule has 1 saturated heterocycles. The highest BCUT2D eigenvalue weighted by Gasteiger charge is 2.35. The van der Waals surface area contributed by atoms with Gasteiger partial charge in [0.05, 0.1) is 0 Å². The Morgan fingerprint density at radius 3 is 2.70 bits per heavy atom. The first-order valence-corrected chi connectivity index (χ1v) is 6.84. The summed E-state index contributed by atoms with van der Waals surface area (Å²) in [6.45, 7) is 5.51. The number of ether oxygens (including phenoxy) is 1. The molecule has 20 heavy (non-hydrogen) atoms. The number of hydrogen-bond donors (Lipinski definition) is 2. The van der Waals surface area contributed by atoms with Crippen molar-refractivity contribution in [3.63, 3.8) is 0 Å². The molecule has 0 aliphatic carbocycles. The Bertz CT molecular complexity index is 471. The van der Waals surface area contributed by atoms with Gasteiger partial charge in [0.25, 0.3) is 5.91 Å². The third-order valence-electron chi connectivity index (χ3n) is 3.86. The molecule has 0 bridgehead atoms. The summed E-state index contributed by atoms with van der Waals surface area (Å²) in [7, 11) is 0. The summed E-state index contributed by atoms with van der Waals surface area (Å²) in [4.78, 5) is 14.0. The van der Waals surface area contributed by atoms with Crippen LogP contribution < -0.4 is 10.5 Å². The first-order chi connectivity index (χ1) is 9.38. The second-order valence-corrected chi connectivity index (χ2v) is 5.98. The van der Waals surface area contributed by atoms with E-state index < -0.39 is 0 Å². The number of rotatable bonds is 3. The van der Waals surface area contributed by atoms with Crippen molar-refractivity contribution in [3.8, 4) is 11.5 Å². The highest BCUT2D eigenvalue weighted by atomic mass is 16.5. The molecular formula is C15H22N2O3. The van der Waals surface area contributed by atoms with Gasteiger partial charge in [-0.3, -0.25) is 4.79 Å². The lowest BCUT2D eigenvalue weighted by Gasteiger charge is -2.42. The van der Waals surface area contributed by atoms with Gasteiger partial charge < -0.3 is 20.5 Å². The third-order valence-corrected chi connectivity index (χ3v) is 3.86. The van der Waals surface area contributed by atoms with Crippen LogP contribution >= 0.6 is 0 Å². The summed E-state index contributed by atoms with van der Waals surface area (Å²) in [5.74, 6) is 0.720. The summed E-state index contributed by atoms with van der Waals surface area (Å²) in [5.41, 5.74) is 6.00. The van der Waals surface area contributed by atoms with E-state index in [1.165, 1.54) is 12.1 Å². The first kappa shape index (κ1) is 14.7. The maximum absolute atomic E-state index is 12.1. The van der Waals surface area contributed by atoms with Gasteiger partial charge in [0.15, 0.2) is 6.61 Å². The number of piperidine rings is 1. The standard InChI is InChI=1S/C15H22N2O3/c1-15(2)10-17(8-7-13(15)16)14(19)9-20-12-5-3-11(18)4-6-12/h3-6,13,18H,7-10,16H2,1-2H3. The molecule has 1 heterocycles. The fourth-order valence-corrected chi connectivity index (χ4v) is 2.37. The lowest BCUT2D eigenvalue weighted by atomic mass is 9.80. The molecule has 0 radical (unpaired) electrons.